The van der Waals surface area contributed by atoms with Crippen LogP contribution in [0.3, 0.4) is 0 Å². The highest BCUT2D eigenvalue weighted by Gasteiger charge is 2.06. The van der Waals surface area contributed by atoms with E-state index >= 15 is 0 Å². The van der Waals surface area contributed by atoms with Crippen LogP contribution in [0.4, 0.5) is 14.5 Å². The van der Waals surface area contributed by atoms with Gasteiger partial charge in [0.05, 0.1) is 5.69 Å². The number of allylic oxidation sites excluding steroid dienone is 1. The van der Waals surface area contributed by atoms with Crippen molar-refractivity contribution < 1.29 is 13.6 Å². The topological polar surface area (TPSA) is 29.1 Å². The van der Waals surface area contributed by atoms with Crippen LogP contribution >= 0.6 is 0 Å². The molecule has 0 saturated carbocycles. The van der Waals surface area contributed by atoms with Crippen LogP contribution in [-0.4, -0.2) is 5.78 Å². The van der Waals surface area contributed by atoms with Gasteiger partial charge in [-0.3, -0.25) is 4.79 Å². The minimum absolute atomic E-state index is 0.105. The second-order valence-electron chi connectivity index (χ2n) is 4.99. The van der Waals surface area contributed by atoms with E-state index in [0.29, 0.717) is 5.56 Å². The van der Waals surface area contributed by atoms with Crippen molar-refractivity contribution in [2.75, 3.05) is 5.32 Å². The molecular formula is C19H13F2NO. The average molecular weight is 309 g/mol. The number of ketones is 1. The Morgan fingerprint density at radius 2 is 1.74 bits per heavy atom. The van der Waals surface area contributed by atoms with Crippen LogP contribution in [0.2, 0.25) is 0 Å². The average Bonchev–Trinajstić information content (AvgIpc) is 2.56. The molecule has 0 radical (unpaired) electrons. The molecule has 4 heteroatoms. The summed E-state index contributed by atoms with van der Waals surface area (Å²) in [5.74, 6) is -1.56. The first-order valence-electron chi connectivity index (χ1n) is 7.05. The molecule has 0 atom stereocenters. The molecule has 23 heavy (non-hydrogen) atoms. The molecule has 3 rings (SSSR count). The van der Waals surface area contributed by atoms with E-state index in [2.05, 4.69) is 5.32 Å². The van der Waals surface area contributed by atoms with Gasteiger partial charge in [0.2, 0.25) is 0 Å². The van der Waals surface area contributed by atoms with Gasteiger partial charge in [-0.05, 0) is 22.9 Å². The monoisotopic (exact) mass is 309 g/mol. The van der Waals surface area contributed by atoms with Crippen LogP contribution in [0.5, 0.6) is 0 Å². The molecular weight excluding hydrogens is 296 g/mol. The van der Waals surface area contributed by atoms with E-state index in [1.54, 1.807) is 6.07 Å². The van der Waals surface area contributed by atoms with Gasteiger partial charge in [0.25, 0.3) is 0 Å². The summed E-state index contributed by atoms with van der Waals surface area (Å²) in [5.41, 5.74) is 0.675. The molecule has 0 aliphatic heterocycles. The summed E-state index contributed by atoms with van der Waals surface area (Å²) < 4.78 is 26.3. The third-order valence-electron chi connectivity index (χ3n) is 3.46. The van der Waals surface area contributed by atoms with Crippen molar-refractivity contribution in [3.8, 4) is 0 Å². The van der Waals surface area contributed by atoms with E-state index < -0.39 is 11.6 Å². The molecule has 0 amide bonds. The normalized spacial score (nSPS) is 11.0. The Morgan fingerprint density at radius 3 is 2.57 bits per heavy atom. The number of nitrogens with one attached hydrogen (secondary N) is 1. The van der Waals surface area contributed by atoms with E-state index in [-0.39, 0.29) is 11.5 Å². The minimum atomic E-state index is -0.716. The molecule has 3 aromatic rings. The second-order valence-corrected chi connectivity index (χ2v) is 4.99. The molecule has 1 N–H and O–H groups in total. The molecule has 0 unspecified atom stereocenters. The Hall–Kier alpha value is -3.01. The van der Waals surface area contributed by atoms with Gasteiger partial charge < -0.3 is 5.32 Å². The van der Waals surface area contributed by atoms with Crippen LogP contribution in [-0.2, 0) is 0 Å². The zero-order chi connectivity index (χ0) is 16.2. The van der Waals surface area contributed by atoms with Crippen molar-refractivity contribution in [3.05, 3.63) is 90.1 Å². The largest absolute Gasteiger partial charge is 0.359 e. The van der Waals surface area contributed by atoms with Crippen molar-refractivity contribution in [3.63, 3.8) is 0 Å². The highest BCUT2D eigenvalue weighted by Crippen LogP contribution is 2.19. The fourth-order valence-corrected chi connectivity index (χ4v) is 2.34. The van der Waals surface area contributed by atoms with Gasteiger partial charge in [-0.25, -0.2) is 8.78 Å². The Balaban J connectivity index is 1.80. The summed E-state index contributed by atoms with van der Waals surface area (Å²) in [4.78, 5) is 12.3. The number of hydrogen-bond acceptors (Lipinski definition) is 2. The maximum absolute atomic E-state index is 13.5. The molecule has 0 spiro atoms. The highest BCUT2D eigenvalue weighted by molar-refractivity contribution is 6.13. The third-order valence-corrected chi connectivity index (χ3v) is 3.46. The maximum atomic E-state index is 13.5. The Labute approximate surface area is 132 Å². The van der Waals surface area contributed by atoms with Crippen LogP contribution < -0.4 is 5.32 Å². The number of rotatable bonds is 4. The van der Waals surface area contributed by atoms with E-state index in [1.807, 2.05) is 36.4 Å². The predicted molar refractivity (Wildman–Crippen MR) is 87.4 cm³/mol. The van der Waals surface area contributed by atoms with Gasteiger partial charge in [0.1, 0.15) is 11.6 Å². The standard InChI is InChI=1S/C19H13F2NO/c20-14-8-9-18(17(21)12-14)22-11-10-19(23)16-7-3-5-13-4-1-2-6-15(13)16/h1-12,22H/b11-10+. The Kier molecular flexibility index (Phi) is 4.15. The lowest BCUT2D eigenvalue weighted by Crippen LogP contribution is -1.98. The van der Waals surface area contributed by atoms with E-state index in [0.717, 1.165) is 22.9 Å². The number of anilines is 1. The summed E-state index contributed by atoms with van der Waals surface area (Å²) in [6.07, 6.45) is 2.67. The number of carbonyl (C=O) groups is 1. The lowest BCUT2D eigenvalue weighted by molar-refractivity contribution is 0.104. The van der Waals surface area contributed by atoms with Crippen LogP contribution in [0.25, 0.3) is 10.8 Å². The van der Waals surface area contributed by atoms with E-state index in [9.17, 15) is 13.6 Å². The molecule has 114 valence electrons. The molecule has 3 aromatic carbocycles. The number of halogens is 2. The van der Waals surface area contributed by atoms with Crippen LogP contribution in [0.1, 0.15) is 10.4 Å². The molecule has 0 aliphatic rings. The minimum Gasteiger partial charge on any atom is -0.359 e. The summed E-state index contributed by atoms with van der Waals surface area (Å²) in [6.45, 7) is 0. The predicted octanol–water partition coefficient (Wildman–Crippen LogP) is 4.93. The molecule has 0 fully saturated rings. The second kappa shape index (κ2) is 6.40. The van der Waals surface area contributed by atoms with Gasteiger partial charge in [0.15, 0.2) is 5.78 Å². The van der Waals surface area contributed by atoms with Crippen molar-refractivity contribution in [1.82, 2.24) is 0 Å². The number of benzene rings is 3. The first kappa shape index (κ1) is 14.9. The van der Waals surface area contributed by atoms with Gasteiger partial charge in [0, 0.05) is 23.9 Å². The first-order chi connectivity index (χ1) is 11.1. The smallest absolute Gasteiger partial charge is 0.187 e. The molecule has 0 bridgehead atoms. The van der Waals surface area contributed by atoms with Crippen molar-refractivity contribution in [2.45, 2.75) is 0 Å². The summed E-state index contributed by atoms with van der Waals surface area (Å²) in [5, 5.41) is 4.48. The van der Waals surface area contributed by atoms with Crippen molar-refractivity contribution >= 4 is 22.2 Å². The molecule has 0 saturated heterocycles. The van der Waals surface area contributed by atoms with E-state index in [1.165, 1.54) is 18.3 Å². The van der Waals surface area contributed by atoms with Crippen LogP contribution in [0, 0.1) is 11.6 Å². The third kappa shape index (κ3) is 3.26. The van der Waals surface area contributed by atoms with Gasteiger partial charge in [-0.1, -0.05) is 42.5 Å². The Bertz CT molecular complexity index is 898. The van der Waals surface area contributed by atoms with Gasteiger partial charge in [-0.15, -0.1) is 0 Å². The first-order valence-corrected chi connectivity index (χ1v) is 7.05. The molecule has 0 heterocycles. The van der Waals surface area contributed by atoms with Crippen molar-refractivity contribution in [1.29, 1.82) is 0 Å². The quantitative estimate of drug-likeness (QED) is 0.547. The number of fused-ring (bicyclic) bond motifs is 1. The molecule has 0 aromatic heterocycles. The lowest BCUT2D eigenvalue weighted by Gasteiger charge is -2.04. The summed E-state index contributed by atoms with van der Waals surface area (Å²) in [6, 6.07) is 16.3. The van der Waals surface area contributed by atoms with E-state index in [4.69, 9.17) is 0 Å². The van der Waals surface area contributed by atoms with Gasteiger partial charge >= 0.3 is 0 Å². The maximum Gasteiger partial charge on any atom is 0.187 e. The van der Waals surface area contributed by atoms with Crippen molar-refractivity contribution in [2.24, 2.45) is 0 Å². The number of hydrogen-bond donors (Lipinski definition) is 1. The van der Waals surface area contributed by atoms with Gasteiger partial charge in [-0.2, -0.15) is 0 Å². The highest BCUT2D eigenvalue weighted by atomic mass is 19.1. The zero-order valence-electron chi connectivity index (χ0n) is 12.1. The van der Waals surface area contributed by atoms with Crippen LogP contribution in [0.15, 0.2) is 72.9 Å². The molecule has 2 nitrogen and oxygen atoms in total. The lowest BCUT2D eigenvalue weighted by atomic mass is 10.0. The SMILES string of the molecule is O=C(/C=C/Nc1ccc(F)cc1F)c1cccc2ccccc12. The zero-order valence-corrected chi connectivity index (χ0v) is 12.1. The Morgan fingerprint density at radius 1 is 0.957 bits per heavy atom. The summed E-state index contributed by atoms with van der Waals surface area (Å²) in [7, 11) is 0. The number of carbonyl (C=O) groups excluding carboxylic acids is 1. The fraction of sp³-hybridized carbons (Fsp3) is 0. The molecule has 0 aliphatic carbocycles. The summed E-state index contributed by atoms with van der Waals surface area (Å²) >= 11 is 0. The fourth-order valence-electron chi connectivity index (χ4n) is 2.34.